The van der Waals surface area contributed by atoms with Crippen molar-refractivity contribution in [1.29, 1.82) is 0 Å². The van der Waals surface area contributed by atoms with Crippen molar-refractivity contribution in [2.75, 3.05) is 13.2 Å². The molecule has 3 amide bonds. The number of aromatic amines is 1. The number of aliphatic hydroxyl groups excluding tert-OH is 1. The van der Waals surface area contributed by atoms with Crippen LogP contribution in [0.5, 0.6) is 0 Å². The van der Waals surface area contributed by atoms with Gasteiger partial charge in [0.15, 0.2) is 0 Å². The number of aliphatic carboxylic acids is 1. The lowest BCUT2D eigenvalue weighted by Gasteiger charge is -2.28. The van der Waals surface area contributed by atoms with Gasteiger partial charge in [0.1, 0.15) is 18.1 Å². The largest absolute Gasteiger partial charge is 0.480 e. The second-order valence-electron chi connectivity index (χ2n) is 8.19. The molecule has 178 valence electrons. The zero-order valence-corrected chi connectivity index (χ0v) is 18.3. The quantitative estimate of drug-likeness (QED) is 0.281. The van der Waals surface area contributed by atoms with Gasteiger partial charge in [0.2, 0.25) is 17.7 Å². The maximum absolute atomic E-state index is 13.1. The van der Waals surface area contributed by atoms with Crippen LogP contribution in [-0.4, -0.2) is 81.1 Å². The molecular weight excluding hydrogens is 430 g/mol. The van der Waals surface area contributed by atoms with Crippen molar-refractivity contribution in [3.05, 3.63) is 36.0 Å². The number of amides is 3. The Hall–Kier alpha value is -3.44. The van der Waals surface area contributed by atoms with Crippen molar-refractivity contribution in [2.24, 2.45) is 5.73 Å². The Morgan fingerprint density at radius 1 is 1.18 bits per heavy atom. The van der Waals surface area contributed by atoms with Gasteiger partial charge in [-0.15, -0.1) is 0 Å². The van der Waals surface area contributed by atoms with Crippen LogP contribution in [0.1, 0.15) is 25.3 Å². The van der Waals surface area contributed by atoms with Crippen LogP contribution in [0, 0.1) is 0 Å². The number of benzene rings is 1. The standard InChI is InChI=1S/C22H29N5O6/c1-12(23)19(29)25-16(9-13-10-24-15-6-3-2-5-14(13)15)20(30)26-17(11-28)21(31)27-8-4-7-18(27)22(32)33/h2-3,5-6,10,12,16-18,24,28H,4,7-9,11,23H2,1H3,(H,25,29)(H,26,30)(H,32,33). The van der Waals surface area contributed by atoms with Gasteiger partial charge in [0.25, 0.3) is 0 Å². The molecule has 0 saturated carbocycles. The van der Waals surface area contributed by atoms with Crippen molar-refractivity contribution >= 4 is 34.6 Å². The molecule has 11 heteroatoms. The molecule has 1 aromatic carbocycles. The van der Waals surface area contributed by atoms with E-state index in [4.69, 9.17) is 5.73 Å². The first-order chi connectivity index (χ1) is 15.7. The zero-order chi connectivity index (χ0) is 24.1. The van der Waals surface area contributed by atoms with Gasteiger partial charge >= 0.3 is 5.97 Å². The fraction of sp³-hybridized carbons (Fsp3) is 0.455. The van der Waals surface area contributed by atoms with E-state index in [2.05, 4.69) is 15.6 Å². The molecule has 4 unspecified atom stereocenters. The third-order valence-electron chi connectivity index (χ3n) is 5.76. The number of rotatable bonds is 9. The van der Waals surface area contributed by atoms with Gasteiger partial charge in [0.05, 0.1) is 12.6 Å². The monoisotopic (exact) mass is 459 g/mol. The Balaban J connectivity index is 1.78. The number of carboxylic acid groups (broad SMARTS) is 1. The molecule has 1 aliphatic rings. The second kappa shape index (κ2) is 10.5. The Morgan fingerprint density at radius 2 is 1.88 bits per heavy atom. The molecule has 0 spiro atoms. The summed E-state index contributed by atoms with van der Waals surface area (Å²) < 4.78 is 0. The van der Waals surface area contributed by atoms with Crippen molar-refractivity contribution in [2.45, 2.75) is 50.4 Å². The van der Waals surface area contributed by atoms with Gasteiger partial charge in [-0.1, -0.05) is 18.2 Å². The highest BCUT2D eigenvalue weighted by Gasteiger charge is 2.38. The molecule has 1 aromatic heterocycles. The lowest BCUT2D eigenvalue weighted by molar-refractivity contribution is -0.150. The van der Waals surface area contributed by atoms with Crippen LogP contribution in [0.25, 0.3) is 10.9 Å². The average molecular weight is 460 g/mol. The first-order valence-electron chi connectivity index (χ1n) is 10.8. The number of carbonyl (C=O) groups is 4. The molecule has 7 N–H and O–H groups in total. The Bertz CT molecular complexity index is 1040. The summed E-state index contributed by atoms with van der Waals surface area (Å²) in [5, 5.41) is 25.0. The number of carbonyl (C=O) groups excluding carboxylic acids is 3. The van der Waals surface area contributed by atoms with Crippen molar-refractivity contribution < 1.29 is 29.4 Å². The minimum atomic E-state index is -1.34. The van der Waals surface area contributed by atoms with Gasteiger partial charge < -0.3 is 36.5 Å². The summed E-state index contributed by atoms with van der Waals surface area (Å²) in [5.41, 5.74) is 7.28. The van der Waals surface area contributed by atoms with Gasteiger partial charge in [-0.3, -0.25) is 14.4 Å². The number of hydrogen-bond donors (Lipinski definition) is 6. The molecule has 33 heavy (non-hydrogen) atoms. The number of aromatic nitrogens is 1. The van der Waals surface area contributed by atoms with Crippen LogP contribution >= 0.6 is 0 Å². The zero-order valence-electron chi connectivity index (χ0n) is 18.3. The summed E-state index contributed by atoms with van der Waals surface area (Å²) >= 11 is 0. The van der Waals surface area contributed by atoms with E-state index in [0.717, 1.165) is 21.4 Å². The fourth-order valence-electron chi connectivity index (χ4n) is 3.98. The molecule has 3 rings (SSSR count). The van der Waals surface area contributed by atoms with Gasteiger partial charge in [-0.25, -0.2) is 4.79 Å². The number of hydrogen-bond acceptors (Lipinski definition) is 6. The molecule has 0 radical (unpaired) electrons. The van der Waals surface area contributed by atoms with E-state index < -0.39 is 54.5 Å². The van der Waals surface area contributed by atoms with E-state index in [1.807, 2.05) is 24.3 Å². The highest BCUT2D eigenvalue weighted by atomic mass is 16.4. The second-order valence-corrected chi connectivity index (χ2v) is 8.19. The van der Waals surface area contributed by atoms with Crippen molar-refractivity contribution in [3.63, 3.8) is 0 Å². The SMILES string of the molecule is CC(N)C(=O)NC(Cc1c[nH]c2ccccc12)C(=O)NC(CO)C(=O)N1CCCC1C(=O)O. The lowest BCUT2D eigenvalue weighted by atomic mass is 10.0. The van der Waals surface area contributed by atoms with E-state index in [0.29, 0.717) is 12.8 Å². The van der Waals surface area contributed by atoms with Crippen LogP contribution in [0.15, 0.2) is 30.5 Å². The molecule has 4 atom stereocenters. The van der Waals surface area contributed by atoms with Gasteiger partial charge in [-0.05, 0) is 31.4 Å². The number of nitrogens with two attached hydrogens (primary N) is 1. The number of nitrogens with zero attached hydrogens (tertiary/aromatic N) is 1. The van der Waals surface area contributed by atoms with Gasteiger partial charge in [0, 0.05) is 30.1 Å². The predicted octanol–water partition coefficient (Wildman–Crippen LogP) is -0.905. The van der Waals surface area contributed by atoms with Crippen LogP contribution in [0.2, 0.25) is 0 Å². The minimum absolute atomic E-state index is 0.113. The number of likely N-dealkylation sites (tertiary alicyclic amines) is 1. The summed E-state index contributed by atoms with van der Waals surface area (Å²) in [5.74, 6) is -3.05. The first-order valence-corrected chi connectivity index (χ1v) is 10.8. The average Bonchev–Trinajstić information content (AvgIpc) is 3.44. The fourth-order valence-corrected chi connectivity index (χ4v) is 3.98. The van der Waals surface area contributed by atoms with E-state index in [1.165, 1.54) is 6.92 Å². The summed E-state index contributed by atoms with van der Waals surface area (Å²) in [6.45, 7) is 0.992. The number of para-hydroxylation sites is 1. The third-order valence-corrected chi connectivity index (χ3v) is 5.76. The highest BCUT2D eigenvalue weighted by molar-refractivity contribution is 5.95. The van der Waals surface area contributed by atoms with Crippen molar-refractivity contribution in [3.8, 4) is 0 Å². The molecule has 11 nitrogen and oxygen atoms in total. The van der Waals surface area contributed by atoms with Crippen LogP contribution < -0.4 is 16.4 Å². The Kier molecular flexibility index (Phi) is 7.67. The normalized spacial score (nSPS) is 18.5. The number of nitrogens with one attached hydrogen (secondary N) is 3. The molecule has 1 fully saturated rings. The van der Waals surface area contributed by atoms with E-state index >= 15 is 0 Å². The summed E-state index contributed by atoms with van der Waals surface area (Å²) in [7, 11) is 0. The van der Waals surface area contributed by atoms with Crippen LogP contribution in [-0.2, 0) is 25.6 Å². The molecule has 0 bridgehead atoms. The predicted molar refractivity (Wildman–Crippen MR) is 119 cm³/mol. The molecule has 1 saturated heterocycles. The Morgan fingerprint density at radius 3 is 2.55 bits per heavy atom. The molecule has 0 aliphatic carbocycles. The number of aliphatic hydroxyl groups is 1. The van der Waals surface area contributed by atoms with E-state index in [1.54, 1.807) is 6.20 Å². The van der Waals surface area contributed by atoms with Gasteiger partial charge in [-0.2, -0.15) is 0 Å². The topological polar surface area (TPSA) is 178 Å². The van der Waals surface area contributed by atoms with E-state index in [9.17, 15) is 29.4 Å². The van der Waals surface area contributed by atoms with Crippen LogP contribution in [0.4, 0.5) is 0 Å². The minimum Gasteiger partial charge on any atom is -0.480 e. The maximum Gasteiger partial charge on any atom is 0.326 e. The molecule has 2 heterocycles. The van der Waals surface area contributed by atoms with Crippen molar-refractivity contribution in [1.82, 2.24) is 20.5 Å². The maximum atomic E-state index is 13.1. The Labute approximate surface area is 190 Å². The smallest absolute Gasteiger partial charge is 0.326 e. The molecule has 2 aromatic rings. The summed E-state index contributed by atoms with van der Waals surface area (Å²) in [6, 6.07) is 3.21. The first kappa shape index (κ1) is 24.2. The lowest BCUT2D eigenvalue weighted by Crippen LogP contribution is -2.58. The summed E-state index contributed by atoms with van der Waals surface area (Å²) in [4.78, 5) is 53.9. The highest BCUT2D eigenvalue weighted by Crippen LogP contribution is 2.20. The van der Waals surface area contributed by atoms with E-state index in [-0.39, 0.29) is 13.0 Å². The molecule has 1 aliphatic heterocycles. The number of H-pyrrole nitrogens is 1. The third kappa shape index (κ3) is 5.49. The molecular formula is C22H29N5O6. The number of carboxylic acids is 1. The summed E-state index contributed by atoms with van der Waals surface area (Å²) in [6.07, 6.45) is 2.67. The van der Waals surface area contributed by atoms with Crippen LogP contribution in [0.3, 0.4) is 0 Å². The number of fused-ring (bicyclic) bond motifs is 1.